The van der Waals surface area contributed by atoms with Gasteiger partial charge in [0.2, 0.25) is 0 Å². The van der Waals surface area contributed by atoms with Gasteiger partial charge in [-0.15, -0.1) is 13.2 Å². The number of rotatable bonds is 8. The van der Waals surface area contributed by atoms with Gasteiger partial charge in [-0.1, -0.05) is 18.2 Å². The Morgan fingerprint density at radius 2 is 1.95 bits per heavy atom. The van der Waals surface area contributed by atoms with E-state index in [0.717, 1.165) is 16.7 Å². The second-order valence-electron chi connectivity index (χ2n) is 9.09. The molecular formula is C24H24F3N5O5. The Bertz CT molecular complexity index is 1510. The van der Waals surface area contributed by atoms with Crippen molar-refractivity contribution in [2.45, 2.75) is 50.4 Å². The smallest absolute Gasteiger partial charge is 0.425 e. The highest BCUT2D eigenvalue weighted by atomic mass is 19.4. The lowest BCUT2D eigenvalue weighted by molar-refractivity contribution is -0.274. The topological polar surface area (TPSA) is 113 Å². The number of benzene rings is 1. The van der Waals surface area contributed by atoms with Crippen molar-refractivity contribution in [3.8, 4) is 17.5 Å². The van der Waals surface area contributed by atoms with Crippen LogP contribution in [-0.2, 0) is 20.1 Å². The quantitative estimate of drug-likeness (QED) is 0.471. The normalized spacial score (nSPS) is 18.1. The Morgan fingerprint density at radius 3 is 2.62 bits per heavy atom. The van der Waals surface area contributed by atoms with E-state index in [0.29, 0.717) is 12.8 Å². The van der Waals surface area contributed by atoms with Crippen molar-refractivity contribution in [3.05, 3.63) is 69.5 Å². The molecule has 0 bridgehead atoms. The van der Waals surface area contributed by atoms with Crippen LogP contribution in [0.2, 0.25) is 0 Å². The maximum Gasteiger partial charge on any atom is 0.573 e. The lowest BCUT2D eigenvalue weighted by Gasteiger charge is -2.18. The minimum absolute atomic E-state index is 0.00775. The number of allylic oxidation sites excluding steroid dienone is 2. The molecule has 2 aromatic heterocycles. The first-order valence-electron chi connectivity index (χ1n) is 11.6. The molecule has 2 N–H and O–H groups in total. The first kappa shape index (κ1) is 24.7. The van der Waals surface area contributed by atoms with Gasteiger partial charge in [0, 0.05) is 19.7 Å². The van der Waals surface area contributed by atoms with Gasteiger partial charge in [-0.05, 0) is 43.7 Å². The molecule has 5 rings (SSSR count). The Labute approximate surface area is 207 Å². The van der Waals surface area contributed by atoms with Crippen LogP contribution in [0.15, 0.2) is 58.3 Å². The fourth-order valence-corrected chi connectivity index (χ4v) is 4.15. The highest BCUT2D eigenvalue weighted by Gasteiger charge is 2.40. The first-order chi connectivity index (χ1) is 17.5. The average Bonchev–Trinajstić information content (AvgIpc) is 3.47. The van der Waals surface area contributed by atoms with Crippen LogP contribution in [0.4, 0.5) is 13.2 Å². The molecule has 196 valence electrons. The van der Waals surface area contributed by atoms with Crippen molar-refractivity contribution in [2.75, 3.05) is 0 Å². The van der Waals surface area contributed by atoms with Gasteiger partial charge in [-0.25, -0.2) is 4.79 Å². The number of nitrogens with one attached hydrogen (secondary N) is 1. The fraction of sp³-hybridized carbons (Fsp3) is 0.375. The summed E-state index contributed by atoms with van der Waals surface area (Å²) in [7, 11) is 1.47. The van der Waals surface area contributed by atoms with Crippen molar-refractivity contribution < 1.29 is 27.8 Å². The number of aromatic nitrogens is 4. The van der Waals surface area contributed by atoms with Crippen LogP contribution in [0, 0.1) is 0 Å². The molecule has 1 unspecified atom stereocenters. The number of dihydropyridines is 1. The van der Waals surface area contributed by atoms with Gasteiger partial charge in [0.25, 0.3) is 5.56 Å². The van der Waals surface area contributed by atoms with E-state index in [-0.39, 0.29) is 48.5 Å². The molecule has 1 aliphatic carbocycles. The number of aliphatic hydroxyl groups is 1. The summed E-state index contributed by atoms with van der Waals surface area (Å²) in [6.45, 7) is 0.198. The van der Waals surface area contributed by atoms with Crippen molar-refractivity contribution in [1.82, 2.24) is 24.0 Å². The Kier molecular flexibility index (Phi) is 6.10. The maximum absolute atomic E-state index is 13.5. The number of aryl methyl sites for hydroxylation is 1. The standard InChI is InChI=1S/C24H24F3N5O5/c1-30-19-18(20(33)31(22(30)34)12-10-23(35)8-9-23)32(14-15-5-2-3-11-28-15)21(29-19)36-16-6-4-7-17(13-16)37-24(25,26)27/h2-7,11,13,15,28,35H,8-10,12,14H2,1H3. The molecule has 1 aromatic carbocycles. The zero-order valence-corrected chi connectivity index (χ0v) is 19.7. The van der Waals surface area contributed by atoms with Crippen molar-refractivity contribution in [1.29, 1.82) is 0 Å². The predicted octanol–water partition coefficient (Wildman–Crippen LogP) is 2.54. The summed E-state index contributed by atoms with van der Waals surface area (Å²) in [5.74, 6) is -0.492. The van der Waals surface area contributed by atoms with E-state index in [1.807, 2.05) is 12.2 Å². The summed E-state index contributed by atoms with van der Waals surface area (Å²) in [6, 6.07) is 4.57. The van der Waals surface area contributed by atoms with Crippen molar-refractivity contribution >= 4 is 11.2 Å². The molecule has 1 aliphatic heterocycles. The van der Waals surface area contributed by atoms with Gasteiger partial charge in [-0.2, -0.15) is 4.98 Å². The third-order valence-corrected chi connectivity index (χ3v) is 6.31. The molecule has 1 saturated carbocycles. The molecule has 13 heteroatoms. The zero-order valence-electron chi connectivity index (χ0n) is 19.7. The second kappa shape index (κ2) is 9.14. The summed E-state index contributed by atoms with van der Waals surface area (Å²) < 4.78 is 51.6. The van der Waals surface area contributed by atoms with Crippen molar-refractivity contribution in [3.63, 3.8) is 0 Å². The average molecular weight is 519 g/mol. The number of hydrogen-bond acceptors (Lipinski definition) is 7. The molecule has 0 amide bonds. The number of ether oxygens (including phenoxy) is 2. The summed E-state index contributed by atoms with van der Waals surface area (Å²) in [5, 5.41) is 13.4. The van der Waals surface area contributed by atoms with Gasteiger partial charge in [0.15, 0.2) is 11.2 Å². The fourth-order valence-electron chi connectivity index (χ4n) is 4.15. The Hall–Kier alpha value is -4.00. The minimum atomic E-state index is -4.88. The highest BCUT2D eigenvalue weighted by molar-refractivity contribution is 5.72. The third kappa shape index (κ3) is 5.26. The third-order valence-electron chi connectivity index (χ3n) is 6.31. The van der Waals surface area contributed by atoms with E-state index < -0.39 is 29.0 Å². The van der Waals surface area contributed by atoms with Crippen LogP contribution in [0.25, 0.3) is 11.2 Å². The molecular weight excluding hydrogens is 495 g/mol. The molecule has 1 fully saturated rings. The lowest BCUT2D eigenvalue weighted by Crippen LogP contribution is -2.41. The SMILES string of the molecule is Cn1c(=O)n(CCC2(O)CC2)c(=O)c2c1nc(Oc1cccc(OC(F)(F)F)c1)n2CC1C=CC=CN1. The summed E-state index contributed by atoms with van der Waals surface area (Å²) in [6.07, 6.45) is 3.82. The van der Waals surface area contributed by atoms with E-state index in [1.165, 1.54) is 28.3 Å². The molecule has 1 atom stereocenters. The molecule has 0 saturated heterocycles. The molecule has 0 spiro atoms. The van der Waals surface area contributed by atoms with E-state index in [4.69, 9.17) is 4.74 Å². The van der Waals surface area contributed by atoms with Crippen LogP contribution < -0.4 is 26.0 Å². The number of nitrogens with zero attached hydrogens (tertiary/aromatic N) is 4. The van der Waals surface area contributed by atoms with Gasteiger partial charge < -0.3 is 19.9 Å². The largest absolute Gasteiger partial charge is 0.573 e. The number of alkyl halides is 3. The Morgan fingerprint density at radius 1 is 1.19 bits per heavy atom. The zero-order chi connectivity index (χ0) is 26.4. The van der Waals surface area contributed by atoms with Gasteiger partial charge >= 0.3 is 18.1 Å². The second-order valence-corrected chi connectivity index (χ2v) is 9.09. The first-order valence-corrected chi connectivity index (χ1v) is 11.6. The van der Waals surface area contributed by atoms with Crippen molar-refractivity contribution in [2.24, 2.45) is 7.05 Å². The van der Waals surface area contributed by atoms with Crippen LogP contribution in [0.1, 0.15) is 19.3 Å². The molecule has 3 heterocycles. The van der Waals surface area contributed by atoms with E-state index in [2.05, 4.69) is 15.0 Å². The molecule has 2 aliphatic rings. The Balaban J connectivity index is 1.59. The number of fused-ring (bicyclic) bond motifs is 1. The predicted molar refractivity (Wildman–Crippen MR) is 126 cm³/mol. The monoisotopic (exact) mass is 519 g/mol. The molecule has 3 aromatic rings. The molecule has 10 nitrogen and oxygen atoms in total. The van der Waals surface area contributed by atoms with E-state index in [1.54, 1.807) is 12.3 Å². The maximum atomic E-state index is 13.5. The number of halogens is 3. The van der Waals surface area contributed by atoms with Crippen LogP contribution in [0.5, 0.6) is 17.5 Å². The number of hydrogen-bond donors (Lipinski definition) is 2. The van der Waals surface area contributed by atoms with Gasteiger partial charge in [-0.3, -0.25) is 18.5 Å². The van der Waals surface area contributed by atoms with Crippen LogP contribution in [-0.4, -0.2) is 41.8 Å². The molecule has 37 heavy (non-hydrogen) atoms. The van der Waals surface area contributed by atoms with Crippen LogP contribution in [0.3, 0.4) is 0 Å². The summed E-state index contributed by atoms with van der Waals surface area (Å²) in [4.78, 5) is 30.9. The van der Waals surface area contributed by atoms with E-state index in [9.17, 15) is 27.9 Å². The number of imidazole rings is 1. The van der Waals surface area contributed by atoms with E-state index >= 15 is 0 Å². The highest BCUT2D eigenvalue weighted by Crippen LogP contribution is 2.38. The van der Waals surface area contributed by atoms with Gasteiger partial charge in [0.05, 0.1) is 18.2 Å². The summed E-state index contributed by atoms with van der Waals surface area (Å²) in [5.41, 5.74) is -1.91. The minimum Gasteiger partial charge on any atom is -0.425 e. The summed E-state index contributed by atoms with van der Waals surface area (Å²) >= 11 is 0. The van der Waals surface area contributed by atoms with Gasteiger partial charge in [0.1, 0.15) is 11.5 Å². The lowest BCUT2D eigenvalue weighted by atomic mass is 10.2. The molecule has 0 radical (unpaired) electrons. The van der Waals surface area contributed by atoms with Crippen LogP contribution >= 0.6 is 0 Å².